The molecule has 24 heteroatoms. The van der Waals surface area contributed by atoms with Crippen LogP contribution in [0.5, 0.6) is 0 Å². The number of unbranched alkanes of at least 4 members (excludes halogenated alkanes) is 6. The highest BCUT2D eigenvalue weighted by molar-refractivity contribution is 7.52. The molecule has 1 unspecified atom stereocenters. The van der Waals surface area contributed by atoms with Gasteiger partial charge in [0.1, 0.15) is 30.7 Å². The zero-order valence-corrected chi connectivity index (χ0v) is 46.8. The Kier molecular flexibility index (Phi) is 18.7. The zero-order chi connectivity index (χ0) is 58.4. The molecule has 3 aromatic carbocycles. The fourth-order valence-electron chi connectivity index (χ4n) is 10.2. The number of nitrogens with zero attached hydrogens (tertiary/aromatic N) is 4. The molecule has 4 aliphatic heterocycles. The highest BCUT2D eigenvalue weighted by Crippen LogP contribution is 2.59. The van der Waals surface area contributed by atoms with E-state index in [0.29, 0.717) is 29.6 Å². The molecule has 3 saturated heterocycles. The van der Waals surface area contributed by atoms with Crippen LogP contribution in [-0.2, 0) is 43.7 Å². The summed E-state index contributed by atoms with van der Waals surface area (Å²) in [5.41, 5.74) is -4.59. The lowest BCUT2D eigenvalue weighted by Crippen LogP contribution is -2.66. The summed E-state index contributed by atoms with van der Waals surface area (Å²) in [6.45, 7) is 5.70. The second kappa shape index (κ2) is 25.3. The number of hydrogen-bond acceptors (Lipinski definition) is 12. The van der Waals surface area contributed by atoms with Crippen molar-refractivity contribution < 1.29 is 71.0 Å². The second-order valence-corrected chi connectivity index (χ2v) is 24.3. The Labute approximate surface area is 470 Å². The van der Waals surface area contributed by atoms with Gasteiger partial charge in [0.2, 0.25) is 35.4 Å². The first-order chi connectivity index (χ1) is 38.4. The molecule has 1 aromatic heterocycles. The third kappa shape index (κ3) is 13.9. The van der Waals surface area contributed by atoms with Crippen molar-refractivity contribution in [1.29, 1.82) is 0 Å². The van der Waals surface area contributed by atoms with Crippen molar-refractivity contribution in [2.45, 2.75) is 115 Å². The molecule has 9 amide bonds. The van der Waals surface area contributed by atoms with Gasteiger partial charge in [-0.15, -0.1) is 11.3 Å². The highest BCUT2D eigenvalue weighted by atomic mass is 32.1. The van der Waals surface area contributed by atoms with Crippen LogP contribution in [0.4, 0.5) is 8.78 Å². The van der Waals surface area contributed by atoms with Crippen LogP contribution in [0, 0.1) is 17.3 Å². The molecule has 8 rings (SSSR count). The normalized spacial score (nSPS) is 19.2. The third-order valence-corrected chi connectivity index (χ3v) is 16.8. The van der Waals surface area contributed by atoms with E-state index in [1.807, 2.05) is 30.3 Å². The molecule has 3 fully saturated rings. The van der Waals surface area contributed by atoms with Crippen molar-refractivity contribution in [3.8, 4) is 11.8 Å². The largest absolute Gasteiger partial charge is 0.399 e. The number of halogens is 2. The van der Waals surface area contributed by atoms with Crippen LogP contribution in [0.3, 0.4) is 0 Å². The van der Waals surface area contributed by atoms with Crippen molar-refractivity contribution in [2.75, 3.05) is 45.9 Å². The third-order valence-electron chi connectivity index (χ3n) is 14.7. The number of carbonyl (C=O) groups is 9. The van der Waals surface area contributed by atoms with Crippen molar-refractivity contribution in [3.05, 3.63) is 105 Å². The van der Waals surface area contributed by atoms with Gasteiger partial charge in [0.05, 0.1) is 35.7 Å². The van der Waals surface area contributed by atoms with E-state index < -0.39 is 108 Å². The number of morpholine rings is 1. The van der Waals surface area contributed by atoms with Gasteiger partial charge >= 0.3 is 13.3 Å². The summed E-state index contributed by atoms with van der Waals surface area (Å²) in [6, 6.07) is 14.8. The number of amides is 9. The maximum Gasteiger partial charge on any atom is 0.399 e. The number of nitrogens with one attached hydrogen (secondary N) is 3. The van der Waals surface area contributed by atoms with Crippen LogP contribution >= 0.6 is 18.9 Å². The van der Waals surface area contributed by atoms with Crippen LogP contribution < -0.4 is 16.0 Å². The number of thiophene rings is 1. The molecule has 4 aromatic rings. The lowest BCUT2D eigenvalue weighted by atomic mass is 9.85. The average molecular weight is 1160 g/mol. The van der Waals surface area contributed by atoms with Crippen LogP contribution in [-0.4, -0.2) is 147 Å². The maximum absolute atomic E-state index is 14.8. The van der Waals surface area contributed by atoms with Crippen LogP contribution in [0.2, 0.25) is 0 Å². The smallest absolute Gasteiger partial charge is 0.370 e. The molecule has 5 N–H and O–H groups in total. The molecule has 0 saturated carbocycles. The van der Waals surface area contributed by atoms with Crippen LogP contribution in [0.25, 0.3) is 10.1 Å². The lowest BCUT2D eigenvalue weighted by molar-refractivity contribution is -0.158. The Balaban J connectivity index is 0.821. The molecular formula is C57H64F2N7O13PS. The van der Waals surface area contributed by atoms with E-state index in [1.165, 1.54) is 28.0 Å². The van der Waals surface area contributed by atoms with E-state index in [-0.39, 0.29) is 73.6 Å². The Morgan fingerprint density at radius 1 is 0.852 bits per heavy atom. The maximum atomic E-state index is 14.8. The molecule has 81 heavy (non-hydrogen) atoms. The second-order valence-electron chi connectivity index (χ2n) is 21.6. The first-order valence-corrected chi connectivity index (χ1v) is 29.3. The van der Waals surface area contributed by atoms with E-state index in [1.54, 1.807) is 37.8 Å². The van der Waals surface area contributed by atoms with Crippen LogP contribution in [0.1, 0.15) is 138 Å². The first kappa shape index (κ1) is 59.9. The standard InChI is InChI=1S/C57H64F2N7O13PS/c1-56(2,3)49(62-51(71)45-31-37-30-38(19-22-44(37)81-45)57(58,59)80(76,77)78)55(75)65-26-25-63(33-42(65)54(74)64-27-28-79-43(34-64)36-16-12-10-13-17-36)48(69)32-47(68)60-24-14-9-7-5-4-6-8-11-15-35-18-20-39-40(29-35)53(73)66(52(39)72)41-21-23-46(67)61-50(41)70/h10,12-13,16-20,22,29-31,41-43,49H,4-9,14,21,23-28,32-34H2,1-3H3,(H,60,68)(H,62,71)(H,61,67,70)(H2,76,77,78)/t41?,42-,43-,49+/m0/s1. The number of hydrogen-bond donors (Lipinski definition) is 5. The molecular weight excluding hydrogens is 1090 g/mol. The minimum Gasteiger partial charge on any atom is -0.370 e. The summed E-state index contributed by atoms with van der Waals surface area (Å²) in [7, 11) is -5.87. The van der Waals surface area contributed by atoms with Crippen LogP contribution in [0.15, 0.2) is 72.8 Å². The highest BCUT2D eigenvalue weighted by Gasteiger charge is 2.51. The van der Waals surface area contributed by atoms with Gasteiger partial charge in [0.15, 0.2) is 0 Å². The van der Waals surface area contributed by atoms with E-state index >= 15 is 0 Å². The number of piperidine rings is 1. The van der Waals surface area contributed by atoms with Gasteiger partial charge in [-0.2, -0.15) is 8.78 Å². The number of benzene rings is 3. The molecule has 0 radical (unpaired) electrons. The fourth-order valence-corrected chi connectivity index (χ4v) is 11.7. The number of carbonyl (C=O) groups excluding carboxylic acids is 9. The van der Waals surface area contributed by atoms with Gasteiger partial charge in [-0.25, -0.2) is 0 Å². The minimum atomic E-state index is -5.87. The molecule has 0 spiro atoms. The number of ether oxygens (including phenoxy) is 1. The average Bonchev–Trinajstić information content (AvgIpc) is 3.98. The number of fused-ring (bicyclic) bond motifs is 2. The van der Waals surface area contributed by atoms with Crippen molar-refractivity contribution in [2.24, 2.45) is 5.41 Å². The number of alkyl halides is 2. The fraction of sp³-hybridized carbons (Fsp3) is 0.456. The predicted octanol–water partition coefficient (Wildman–Crippen LogP) is 5.60. The lowest BCUT2D eigenvalue weighted by Gasteiger charge is -2.45. The van der Waals surface area contributed by atoms with E-state index in [9.17, 15) is 66.3 Å². The Bertz CT molecular complexity index is 3240. The van der Waals surface area contributed by atoms with Crippen molar-refractivity contribution in [1.82, 2.24) is 35.6 Å². The van der Waals surface area contributed by atoms with E-state index in [0.717, 1.165) is 66.0 Å². The zero-order valence-electron chi connectivity index (χ0n) is 45.0. The Morgan fingerprint density at radius 2 is 1.57 bits per heavy atom. The summed E-state index contributed by atoms with van der Waals surface area (Å²) >= 11 is 0.926. The molecule has 4 atom stereocenters. The molecule has 0 bridgehead atoms. The number of imide groups is 2. The molecule has 5 heterocycles. The van der Waals surface area contributed by atoms with Gasteiger partial charge in [-0.3, -0.25) is 57.9 Å². The minimum absolute atomic E-state index is 0.0179. The summed E-state index contributed by atoms with van der Waals surface area (Å²) < 4.78 is 47.2. The van der Waals surface area contributed by atoms with Gasteiger partial charge in [0, 0.05) is 54.8 Å². The summed E-state index contributed by atoms with van der Waals surface area (Å²) in [5.74, 6) is 1.05. The predicted molar refractivity (Wildman–Crippen MR) is 292 cm³/mol. The summed E-state index contributed by atoms with van der Waals surface area (Å²) in [4.78, 5) is 144. The van der Waals surface area contributed by atoms with Crippen molar-refractivity contribution >= 4 is 82.2 Å². The van der Waals surface area contributed by atoms with E-state index in [2.05, 4.69) is 27.8 Å². The number of piperazine rings is 1. The monoisotopic (exact) mass is 1160 g/mol. The van der Waals surface area contributed by atoms with E-state index in [4.69, 9.17) is 4.74 Å². The quantitative estimate of drug-likeness (QED) is 0.0267. The topological polar surface area (TPSA) is 269 Å². The molecule has 0 aliphatic carbocycles. The number of rotatable bonds is 18. The Hall–Kier alpha value is -7.22. The summed E-state index contributed by atoms with van der Waals surface area (Å²) in [5, 5.41) is 7.91. The van der Waals surface area contributed by atoms with Gasteiger partial charge in [0.25, 0.3) is 17.7 Å². The molecule has 20 nitrogen and oxygen atoms in total. The molecule has 4 aliphatic rings. The van der Waals surface area contributed by atoms with Gasteiger partial charge in [-0.1, -0.05) is 94.7 Å². The van der Waals surface area contributed by atoms with Gasteiger partial charge < -0.3 is 39.9 Å². The van der Waals surface area contributed by atoms with Crippen molar-refractivity contribution in [3.63, 3.8) is 0 Å². The molecule has 430 valence electrons. The van der Waals surface area contributed by atoms with Gasteiger partial charge in [-0.05, 0) is 72.0 Å². The summed E-state index contributed by atoms with van der Waals surface area (Å²) in [6.07, 6.45) is 4.84. The first-order valence-electron chi connectivity index (χ1n) is 26.9. The Morgan fingerprint density at radius 3 is 2.28 bits per heavy atom. The SMILES string of the molecule is CC(C)(C)[C@H](NC(=O)c1cc2cc(C(F)(F)P(=O)(O)O)ccc2s1)C(=O)N1CCN(C(=O)CC(=O)NCCCCCCCCC#Cc2ccc3c(c2)C(=O)N(C2CCC(=O)NC2=O)C3=O)C[C@H]1C(=O)N1CCO[C@H](c2ccccc2)C1.